The third kappa shape index (κ3) is 4.12. The van der Waals surface area contributed by atoms with E-state index in [0.717, 1.165) is 60.8 Å². The van der Waals surface area contributed by atoms with E-state index in [1.807, 2.05) is 4.72 Å². The zero-order valence-corrected chi connectivity index (χ0v) is 17.0. The van der Waals surface area contributed by atoms with E-state index in [0.29, 0.717) is 10.6 Å². The Morgan fingerprint density at radius 3 is 2.27 bits per heavy atom. The predicted octanol–water partition coefficient (Wildman–Crippen LogP) is 2.28. The van der Waals surface area contributed by atoms with Gasteiger partial charge in [0.15, 0.2) is 0 Å². The van der Waals surface area contributed by atoms with E-state index >= 15 is 0 Å². The predicted molar refractivity (Wildman–Crippen MR) is 103 cm³/mol. The smallest absolute Gasteiger partial charge is 0.332 e. The molecule has 164 valence electrons. The fourth-order valence-corrected chi connectivity index (χ4v) is 5.85. The molecule has 1 atom stereocenters. The van der Waals surface area contributed by atoms with Gasteiger partial charge in [0.2, 0.25) is 15.9 Å². The number of nitrogens with zero attached hydrogens (tertiary/aromatic N) is 1. The van der Waals surface area contributed by atoms with E-state index < -0.39 is 52.9 Å². The number of urea groups is 1. The van der Waals surface area contributed by atoms with E-state index in [1.54, 1.807) is 0 Å². The molecule has 1 fully saturated rings. The third-order valence-corrected chi connectivity index (χ3v) is 7.60. The molecule has 3 amide bonds. The van der Waals surface area contributed by atoms with Crippen LogP contribution in [-0.4, -0.2) is 49.8 Å². The van der Waals surface area contributed by atoms with Gasteiger partial charge in [0.25, 0.3) is 0 Å². The minimum Gasteiger partial charge on any atom is -0.332 e. The van der Waals surface area contributed by atoms with Gasteiger partial charge in [0, 0.05) is 18.7 Å². The summed E-state index contributed by atoms with van der Waals surface area (Å²) < 4.78 is 64.6. The SMILES string of the molecule is O=C(Nc1c2c(cc3c1CCC3)CCC2)NS(=O)(=O)C1CC(=O)N(CC(F)(F)F)C1. The van der Waals surface area contributed by atoms with Gasteiger partial charge < -0.3 is 10.2 Å². The number of anilines is 1. The zero-order chi connectivity index (χ0) is 21.7. The van der Waals surface area contributed by atoms with Crippen LogP contribution >= 0.6 is 0 Å². The molecular formula is C19H22F3N3O4S. The van der Waals surface area contributed by atoms with E-state index in [9.17, 15) is 31.2 Å². The minimum atomic E-state index is -4.62. The minimum absolute atomic E-state index is 0.457. The van der Waals surface area contributed by atoms with Crippen molar-refractivity contribution in [3.63, 3.8) is 0 Å². The largest absolute Gasteiger partial charge is 0.406 e. The first kappa shape index (κ1) is 21.0. The molecule has 1 heterocycles. The number of aryl methyl sites for hydroxylation is 2. The number of carbonyl (C=O) groups is 2. The second-order valence-corrected chi connectivity index (χ2v) is 10.0. The summed E-state index contributed by atoms with van der Waals surface area (Å²) in [7, 11) is -4.32. The second-order valence-electron chi connectivity index (χ2n) is 8.05. The van der Waals surface area contributed by atoms with Crippen LogP contribution in [0.4, 0.5) is 23.7 Å². The molecular weight excluding hydrogens is 423 g/mol. The Kier molecular flexibility index (Phi) is 5.19. The summed E-state index contributed by atoms with van der Waals surface area (Å²) in [5.41, 5.74) is 5.04. The average molecular weight is 445 g/mol. The number of sulfonamides is 1. The first-order valence-corrected chi connectivity index (χ1v) is 11.4. The molecule has 0 saturated carbocycles. The number of hydrogen-bond acceptors (Lipinski definition) is 4. The van der Waals surface area contributed by atoms with E-state index in [2.05, 4.69) is 11.4 Å². The van der Waals surface area contributed by atoms with Crippen LogP contribution in [0.1, 0.15) is 41.5 Å². The van der Waals surface area contributed by atoms with Gasteiger partial charge in [0.05, 0.1) is 0 Å². The summed E-state index contributed by atoms with van der Waals surface area (Å²) in [4.78, 5) is 24.7. The topological polar surface area (TPSA) is 95.6 Å². The molecule has 3 aliphatic rings. The number of likely N-dealkylation sites (tertiary alicyclic amines) is 1. The van der Waals surface area contributed by atoms with Crippen LogP contribution < -0.4 is 10.0 Å². The van der Waals surface area contributed by atoms with Crippen molar-refractivity contribution in [2.24, 2.45) is 0 Å². The van der Waals surface area contributed by atoms with E-state index in [4.69, 9.17) is 0 Å². The summed E-state index contributed by atoms with van der Waals surface area (Å²) in [6.07, 6.45) is 0.149. The van der Waals surface area contributed by atoms with Gasteiger partial charge in [-0.2, -0.15) is 13.2 Å². The molecule has 1 unspecified atom stereocenters. The Morgan fingerprint density at radius 2 is 1.70 bits per heavy atom. The lowest BCUT2D eigenvalue weighted by Gasteiger charge is -2.19. The second kappa shape index (κ2) is 7.44. The highest BCUT2D eigenvalue weighted by atomic mass is 32.2. The van der Waals surface area contributed by atoms with Gasteiger partial charge in [-0.15, -0.1) is 0 Å². The first-order chi connectivity index (χ1) is 14.0. The van der Waals surface area contributed by atoms with Gasteiger partial charge in [-0.25, -0.2) is 17.9 Å². The van der Waals surface area contributed by atoms with Gasteiger partial charge in [-0.05, 0) is 60.8 Å². The lowest BCUT2D eigenvalue weighted by molar-refractivity contribution is -0.157. The molecule has 1 saturated heterocycles. The van der Waals surface area contributed by atoms with Crippen molar-refractivity contribution < 1.29 is 31.2 Å². The number of benzene rings is 1. The van der Waals surface area contributed by atoms with E-state index in [-0.39, 0.29) is 0 Å². The molecule has 30 heavy (non-hydrogen) atoms. The molecule has 0 bridgehead atoms. The van der Waals surface area contributed by atoms with Crippen LogP contribution in [0.25, 0.3) is 0 Å². The Bertz CT molecular complexity index is 975. The van der Waals surface area contributed by atoms with Crippen molar-refractivity contribution in [2.75, 3.05) is 18.4 Å². The normalized spacial score (nSPS) is 21.0. The molecule has 2 N–H and O–H groups in total. The Morgan fingerprint density at radius 1 is 1.10 bits per heavy atom. The molecule has 7 nitrogen and oxygen atoms in total. The highest BCUT2D eigenvalue weighted by molar-refractivity contribution is 7.90. The Balaban J connectivity index is 1.47. The number of carbonyl (C=O) groups excluding carboxylic acids is 2. The van der Waals surface area contributed by atoms with Crippen LogP contribution in [-0.2, 0) is 40.5 Å². The zero-order valence-electron chi connectivity index (χ0n) is 16.1. The van der Waals surface area contributed by atoms with Crippen molar-refractivity contribution in [2.45, 2.75) is 56.4 Å². The molecule has 0 aromatic heterocycles. The van der Waals surface area contributed by atoms with Crippen molar-refractivity contribution in [1.29, 1.82) is 0 Å². The maximum Gasteiger partial charge on any atom is 0.406 e. The molecule has 1 aliphatic heterocycles. The maximum absolute atomic E-state index is 12.6. The summed E-state index contributed by atoms with van der Waals surface area (Å²) >= 11 is 0. The first-order valence-electron chi connectivity index (χ1n) is 9.87. The van der Waals surface area contributed by atoms with Crippen LogP contribution in [0.2, 0.25) is 0 Å². The quantitative estimate of drug-likeness (QED) is 0.743. The number of hydrogen-bond donors (Lipinski definition) is 2. The van der Waals surface area contributed by atoms with E-state index in [1.165, 1.54) is 0 Å². The van der Waals surface area contributed by atoms with Crippen LogP contribution in [0.15, 0.2) is 6.07 Å². The summed E-state index contributed by atoms with van der Waals surface area (Å²) in [5, 5.41) is 1.26. The monoisotopic (exact) mass is 445 g/mol. The number of halogens is 3. The molecule has 1 aromatic rings. The molecule has 4 rings (SSSR count). The van der Waals surface area contributed by atoms with Gasteiger partial charge in [0.1, 0.15) is 11.8 Å². The number of rotatable bonds is 4. The molecule has 11 heteroatoms. The molecule has 1 aromatic carbocycles. The fourth-order valence-electron chi connectivity index (χ4n) is 4.63. The lowest BCUT2D eigenvalue weighted by Crippen LogP contribution is -2.42. The summed E-state index contributed by atoms with van der Waals surface area (Å²) in [6, 6.07) is 1.22. The number of alkyl halides is 3. The van der Waals surface area contributed by atoms with Gasteiger partial charge in [-0.1, -0.05) is 6.07 Å². The van der Waals surface area contributed by atoms with Crippen molar-refractivity contribution in [3.05, 3.63) is 28.3 Å². The molecule has 2 aliphatic carbocycles. The summed E-state index contributed by atoms with van der Waals surface area (Å²) in [6.45, 7) is -2.11. The number of fused-ring (bicyclic) bond motifs is 2. The van der Waals surface area contributed by atoms with Crippen molar-refractivity contribution in [1.82, 2.24) is 9.62 Å². The highest BCUT2D eigenvalue weighted by Gasteiger charge is 2.43. The van der Waals surface area contributed by atoms with Crippen LogP contribution in [0.5, 0.6) is 0 Å². The number of nitrogens with one attached hydrogen (secondary N) is 2. The standard InChI is InChI=1S/C19H22F3N3O4S/c20-19(21,22)10-25-9-13(8-16(25)26)30(28,29)24-18(27)23-17-14-5-1-3-11(14)7-12-4-2-6-15(12)17/h7,13H,1-6,8-10H2,(H2,23,24,27). The Labute approximate surface area is 172 Å². The van der Waals surface area contributed by atoms with Crippen molar-refractivity contribution in [3.8, 4) is 0 Å². The van der Waals surface area contributed by atoms with Gasteiger partial charge in [-0.3, -0.25) is 4.79 Å². The third-order valence-electron chi connectivity index (χ3n) is 5.93. The maximum atomic E-state index is 12.6. The van der Waals surface area contributed by atoms with Crippen molar-refractivity contribution >= 4 is 27.6 Å². The molecule has 0 radical (unpaired) electrons. The van der Waals surface area contributed by atoms with Crippen LogP contribution in [0, 0.1) is 0 Å². The number of amides is 3. The highest BCUT2D eigenvalue weighted by Crippen LogP contribution is 2.38. The Hall–Kier alpha value is -2.30. The average Bonchev–Trinajstić information content (AvgIpc) is 3.33. The van der Waals surface area contributed by atoms with Crippen LogP contribution in [0.3, 0.4) is 0 Å². The summed E-state index contributed by atoms with van der Waals surface area (Å²) in [5.74, 6) is -0.901. The lowest BCUT2D eigenvalue weighted by atomic mass is 9.99. The fraction of sp³-hybridized carbons (Fsp3) is 0.579. The van der Waals surface area contributed by atoms with Gasteiger partial charge >= 0.3 is 12.2 Å². The molecule has 0 spiro atoms.